The van der Waals surface area contributed by atoms with Crippen molar-refractivity contribution in [3.05, 3.63) is 72.2 Å². The fourth-order valence-corrected chi connectivity index (χ4v) is 3.92. The number of aromatic nitrogens is 2. The number of anilines is 4. The van der Waals surface area contributed by atoms with Gasteiger partial charge in [-0.1, -0.05) is 37.3 Å². The second-order valence-corrected chi connectivity index (χ2v) is 8.87. The Morgan fingerprint density at radius 3 is 2.74 bits per heavy atom. The number of amides is 2. The van der Waals surface area contributed by atoms with Gasteiger partial charge in [-0.3, -0.25) is 9.59 Å². The number of benzene rings is 2. The number of carbonyl (C=O) groups excluding carboxylic acids is 2. The van der Waals surface area contributed by atoms with Crippen LogP contribution in [0.1, 0.15) is 30.9 Å². The molecule has 2 amide bonds. The van der Waals surface area contributed by atoms with Gasteiger partial charge < -0.3 is 30.9 Å². The average molecular weight is 516 g/mol. The van der Waals surface area contributed by atoms with Crippen molar-refractivity contribution in [3.8, 4) is 5.75 Å². The minimum absolute atomic E-state index is 0.264. The molecular weight excluding hydrogens is 482 g/mol. The molecule has 0 saturated carbocycles. The van der Waals surface area contributed by atoms with E-state index in [9.17, 15) is 9.59 Å². The van der Waals surface area contributed by atoms with E-state index < -0.39 is 0 Å². The number of nitrogens with zero attached hydrogens (tertiary/aromatic N) is 3. The Labute approximate surface area is 222 Å². The summed E-state index contributed by atoms with van der Waals surface area (Å²) >= 11 is 0. The summed E-state index contributed by atoms with van der Waals surface area (Å²) in [5, 5.41) is 12.7. The molecule has 0 saturated heterocycles. The SMILES string of the molecule is CCCOc1cc(N/C=C2\C(=O)Nc3ncnc(NCCCN(C)C=O)c32)ccc1NCc1ccccc1. The van der Waals surface area contributed by atoms with Crippen LogP contribution in [0.4, 0.5) is 23.0 Å². The lowest BCUT2D eigenvalue weighted by Gasteiger charge is -2.15. The van der Waals surface area contributed by atoms with Crippen LogP contribution in [0.25, 0.3) is 5.57 Å². The van der Waals surface area contributed by atoms with Crippen LogP contribution in [0.3, 0.4) is 0 Å². The van der Waals surface area contributed by atoms with E-state index in [1.807, 2.05) is 36.4 Å². The van der Waals surface area contributed by atoms with Gasteiger partial charge in [0.25, 0.3) is 5.91 Å². The summed E-state index contributed by atoms with van der Waals surface area (Å²) in [6, 6.07) is 16.0. The molecule has 38 heavy (non-hydrogen) atoms. The third-order valence-corrected chi connectivity index (χ3v) is 5.91. The smallest absolute Gasteiger partial charge is 0.259 e. The predicted octanol–water partition coefficient (Wildman–Crippen LogP) is 4.17. The molecule has 2 heterocycles. The highest BCUT2D eigenvalue weighted by atomic mass is 16.5. The maximum atomic E-state index is 12.7. The Morgan fingerprint density at radius 2 is 1.95 bits per heavy atom. The Balaban J connectivity index is 1.49. The highest BCUT2D eigenvalue weighted by Crippen LogP contribution is 2.35. The van der Waals surface area contributed by atoms with Crippen LogP contribution in [0.2, 0.25) is 0 Å². The van der Waals surface area contributed by atoms with Crippen LogP contribution in [-0.2, 0) is 16.1 Å². The van der Waals surface area contributed by atoms with E-state index in [2.05, 4.69) is 50.3 Å². The second kappa shape index (κ2) is 13.1. The molecule has 10 nitrogen and oxygen atoms in total. The first-order chi connectivity index (χ1) is 18.6. The van der Waals surface area contributed by atoms with Gasteiger partial charge in [0.15, 0.2) is 0 Å². The number of hydrogen-bond donors (Lipinski definition) is 4. The van der Waals surface area contributed by atoms with Crippen molar-refractivity contribution >= 4 is 40.9 Å². The van der Waals surface area contributed by atoms with Crippen molar-refractivity contribution in [2.45, 2.75) is 26.3 Å². The van der Waals surface area contributed by atoms with Crippen molar-refractivity contribution in [2.24, 2.45) is 0 Å². The van der Waals surface area contributed by atoms with E-state index in [4.69, 9.17) is 4.74 Å². The Bertz CT molecular complexity index is 1280. The third kappa shape index (κ3) is 6.78. The zero-order valence-corrected chi connectivity index (χ0v) is 21.7. The quantitative estimate of drug-likeness (QED) is 0.143. The molecule has 2 aromatic carbocycles. The van der Waals surface area contributed by atoms with Gasteiger partial charge in [0.1, 0.15) is 23.7 Å². The van der Waals surface area contributed by atoms with Crippen LogP contribution < -0.4 is 26.0 Å². The molecule has 3 aromatic rings. The normalized spacial score (nSPS) is 13.0. The van der Waals surface area contributed by atoms with Crippen molar-refractivity contribution < 1.29 is 14.3 Å². The molecule has 4 rings (SSSR count). The number of nitrogens with one attached hydrogen (secondary N) is 4. The maximum absolute atomic E-state index is 12.7. The first-order valence-corrected chi connectivity index (χ1v) is 12.7. The molecule has 0 spiro atoms. The maximum Gasteiger partial charge on any atom is 0.259 e. The zero-order valence-electron chi connectivity index (χ0n) is 21.7. The van der Waals surface area contributed by atoms with Crippen LogP contribution in [0.5, 0.6) is 5.75 Å². The number of fused-ring (bicyclic) bond motifs is 1. The van der Waals surface area contributed by atoms with Gasteiger partial charge in [-0.05, 0) is 30.5 Å². The largest absolute Gasteiger partial charge is 0.491 e. The van der Waals surface area contributed by atoms with Gasteiger partial charge in [0.05, 0.1) is 23.4 Å². The van der Waals surface area contributed by atoms with Crippen molar-refractivity contribution in [2.75, 3.05) is 48.0 Å². The monoisotopic (exact) mass is 515 g/mol. The second-order valence-electron chi connectivity index (χ2n) is 8.87. The third-order valence-electron chi connectivity index (χ3n) is 5.91. The van der Waals surface area contributed by atoms with E-state index in [0.29, 0.717) is 49.0 Å². The van der Waals surface area contributed by atoms with Gasteiger partial charge in [-0.25, -0.2) is 9.97 Å². The van der Waals surface area contributed by atoms with Crippen molar-refractivity contribution in [1.82, 2.24) is 14.9 Å². The first kappa shape index (κ1) is 26.5. The van der Waals surface area contributed by atoms with Crippen molar-refractivity contribution in [1.29, 1.82) is 0 Å². The number of carbonyl (C=O) groups is 2. The molecule has 1 aliphatic heterocycles. The molecule has 0 radical (unpaired) electrons. The molecule has 0 bridgehead atoms. The fraction of sp³-hybridized carbons (Fsp3) is 0.286. The highest BCUT2D eigenvalue weighted by Gasteiger charge is 2.29. The topological polar surface area (TPSA) is 121 Å². The van der Waals surface area contributed by atoms with Gasteiger partial charge >= 0.3 is 0 Å². The Hall–Kier alpha value is -4.60. The summed E-state index contributed by atoms with van der Waals surface area (Å²) in [5.74, 6) is 1.48. The molecular formula is C28H33N7O3. The molecule has 0 unspecified atom stereocenters. The minimum Gasteiger partial charge on any atom is -0.491 e. The van der Waals surface area contributed by atoms with E-state index in [1.54, 1.807) is 18.1 Å². The molecule has 0 atom stereocenters. The fourth-order valence-electron chi connectivity index (χ4n) is 3.92. The standard InChI is InChI=1S/C28H33N7O3/c1-3-14-38-24-15-21(10-11-23(24)31-16-20-8-5-4-6-9-20)30-17-22-25-26(29-12-7-13-35(2)19-36)32-18-33-27(25)34-28(22)37/h4-6,8-11,15,17-19,30-31H,3,7,12-14,16H2,1-2H3,(H2,29,32,33,34,37)/b22-17-. The molecule has 0 aliphatic carbocycles. The lowest BCUT2D eigenvalue weighted by atomic mass is 10.1. The van der Waals surface area contributed by atoms with Gasteiger partial charge in [0.2, 0.25) is 6.41 Å². The predicted molar refractivity (Wildman–Crippen MR) is 150 cm³/mol. The number of ether oxygens (including phenoxy) is 1. The molecule has 1 aromatic heterocycles. The van der Waals surface area contributed by atoms with E-state index in [0.717, 1.165) is 36.4 Å². The molecule has 4 N–H and O–H groups in total. The van der Waals surface area contributed by atoms with Crippen LogP contribution in [0, 0.1) is 0 Å². The van der Waals surface area contributed by atoms with E-state index in [-0.39, 0.29) is 5.91 Å². The van der Waals surface area contributed by atoms with E-state index >= 15 is 0 Å². The summed E-state index contributed by atoms with van der Waals surface area (Å²) in [5.41, 5.74) is 3.88. The van der Waals surface area contributed by atoms with Crippen LogP contribution in [0.15, 0.2) is 61.1 Å². The molecule has 0 fully saturated rings. The first-order valence-electron chi connectivity index (χ1n) is 12.7. The Kier molecular flexibility index (Phi) is 9.12. The summed E-state index contributed by atoms with van der Waals surface area (Å²) in [6.45, 7) is 4.54. The molecule has 1 aliphatic rings. The summed E-state index contributed by atoms with van der Waals surface area (Å²) in [4.78, 5) is 33.7. The van der Waals surface area contributed by atoms with Crippen molar-refractivity contribution in [3.63, 3.8) is 0 Å². The van der Waals surface area contributed by atoms with E-state index in [1.165, 1.54) is 11.9 Å². The Morgan fingerprint density at radius 1 is 1.11 bits per heavy atom. The zero-order chi connectivity index (χ0) is 26.7. The van der Waals surface area contributed by atoms with Crippen LogP contribution >= 0.6 is 0 Å². The van der Waals surface area contributed by atoms with Gasteiger partial charge in [0, 0.05) is 44.6 Å². The number of hydrogen-bond acceptors (Lipinski definition) is 8. The van der Waals surface area contributed by atoms with Gasteiger partial charge in [-0.15, -0.1) is 0 Å². The number of rotatable bonds is 14. The average Bonchev–Trinajstić information content (AvgIpc) is 3.28. The highest BCUT2D eigenvalue weighted by molar-refractivity contribution is 6.32. The lowest BCUT2D eigenvalue weighted by molar-refractivity contribution is -0.117. The van der Waals surface area contributed by atoms with Gasteiger partial charge in [-0.2, -0.15) is 0 Å². The minimum atomic E-state index is -0.264. The molecule has 10 heteroatoms. The summed E-state index contributed by atoms with van der Waals surface area (Å²) < 4.78 is 6.01. The van der Waals surface area contributed by atoms with Crippen LogP contribution in [-0.4, -0.2) is 53.9 Å². The summed E-state index contributed by atoms with van der Waals surface area (Å²) in [6.07, 6.45) is 5.48. The molecule has 198 valence electrons. The lowest BCUT2D eigenvalue weighted by Crippen LogP contribution is -2.20. The summed E-state index contributed by atoms with van der Waals surface area (Å²) in [7, 11) is 1.73.